The summed E-state index contributed by atoms with van der Waals surface area (Å²) in [6, 6.07) is 8.56. The van der Waals surface area contributed by atoms with Crippen molar-refractivity contribution in [1.29, 1.82) is 0 Å². The van der Waals surface area contributed by atoms with Crippen LogP contribution in [-0.4, -0.2) is 45.6 Å². The van der Waals surface area contributed by atoms with Crippen LogP contribution in [0.5, 0.6) is 0 Å². The fraction of sp³-hybridized carbons (Fsp3) is 0.565. The quantitative estimate of drug-likeness (QED) is 0.408. The number of benzene rings is 1. The summed E-state index contributed by atoms with van der Waals surface area (Å²) in [6.45, 7) is 4.06. The Labute approximate surface area is 172 Å². The molecule has 1 aliphatic rings. The first-order valence-electron chi connectivity index (χ1n) is 10.4. The van der Waals surface area contributed by atoms with Crippen LogP contribution in [0.2, 0.25) is 0 Å². The summed E-state index contributed by atoms with van der Waals surface area (Å²) in [6.07, 6.45) is 4.09. The molecule has 1 fully saturated rings. The number of ether oxygens (including phenoxy) is 1. The van der Waals surface area contributed by atoms with Gasteiger partial charge in [-0.05, 0) is 24.5 Å². The zero-order valence-corrected chi connectivity index (χ0v) is 17.1. The van der Waals surface area contributed by atoms with Crippen LogP contribution >= 0.6 is 0 Å². The van der Waals surface area contributed by atoms with E-state index in [2.05, 4.69) is 6.92 Å². The first-order chi connectivity index (χ1) is 13.8. The summed E-state index contributed by atoms with van der Waals surface area (Å²) < 4.78 is 5.63. The van der Waals surface area contributed by atoms with Crippen molar-refractivity contribution >= 4 is 11.9 Å². The Morgan fingerprint density at radius 1 is 1.28 bits per heavy atom. The highest BCUT2D eigenvalue weighted by Gasteiger charge is 2.44. The molecule has 1 saturated carbocycles. The Morgan fingerprint density at radius 3 is 2.59 bits per heavy atom. The van der Waals surface area contributed by atoms with Gasteiger partial charge in [0.1, 0.15) is 6.10 Å². The monoisotopic (exact) mass is 404 g/mol. The number of esters is 1. The molecule has 0 aromatic heterocycles. The van der Waals surface area contributed by atoms with Crippen LogP contribution < -0.4 is 0 Å². The van der Waals surface area contributed by atoms with Crippen LogP contribution in [0.15, 0.2) is 42.5 Å². The largest absolute Gasteiger partial charge is 0.481 e. The Balaban J connectivity index is 2.14. The maximum absolute atomic E-state index is 12.5. The van der Waals surface area contributed by atoms with Crippen LogP contribution in [0.1, 0.15) is 56.3 Å². The van der Waals surface area contributed by atoms with Crippen molar-refractivity contribution in [3.63, 3.8) is 0 Å². The zero-order chi connectivity index (χ0) is 21.4. The van der Waals surface area contributed by atoms with Gasteiger partial charge in [-0.3, -0.25) is 4.79 Å². The lowest BCUT2D eigenvalue weighted by Crippen LogP contribution is -2.27. The van der Waals surface area contributed by atoms with E-state index in [1.54, 1.807) is 42.5 Å². The molecule has 0 amide bonds. The van der Waals surface area contributed by atoms with Crippen LogP contribution in [0, 0.1) is 17.8 Å². The SMILES string of the molecule is CCCCC(C)C(O)C=C[C@H]1[C@H](CC(=O)O)[C@H](O)C[C@H]1OC(=O)c1ccccc1. The number of aliphatic hydroxyl groups excluding tert-OH is 2. The van der Waals surface area contributed by atoms with Crippen molar-refractivity contribution in [1.82, 2.24) is 0 Å². The van der Waals surface area contributed by atoms with Crippen LogP contribution in [0.3, 0.4) is 0 Å². The van der Waals surface area contributed by atoms with E-state index < -0.39 is 42.1 Å². The molecule has 1 aliphatic carbocycles. The average molecular weight is 405 g/mol. The van der Waals surface area contributed by atoms with Gasteiger partial charge in [0.25, 0.3) is 0 Å². The van der Waals surface area contributed by atoms with Crippen molar-refractivity contribution in [2.24, 2.45) is 17.8 Å². The molecule has 0 radical (unpaired) electrons. The van der Waals surface area contributed by atoms with Gasteiger partial charge in [-0.2, -0.15) is 0 Å². The van der Waals surface area contributed by atoms with Gasteiger partial charge < -0.3 is 20.1 Å². The summed E-state index contributed by atoms with van der Waals surface area (Å²) >= 11 is 0. The first kappa shape index (κ1) is 23.1. The fourth-order valence-electron chi connectivity index (χ4n) is 3.88. The van der Waals surface area contributed by atoms with Crippen LogP contribution in [0.4, 0.5) is 0 Å². The van der Waals surface area contributed by atoms with Gasteiger partial charge in [0.2, 0.25) is 0 Å². The molecule has 0 spiro atoms. The molecule has 0 bridgehead atoms. The maximum Gasteiger partial charge on any atom is 0.338 e. The number of carboxylic acids is 1. The third-order valence-corrected chi connectivity index (χ3v) is 5.70. The Hall–Kier alpha value is -2.18. The molecule has 6 nitrogen and oxygen atoms in total. The molecule has 0 saturated heterocycles. The molecule has 3 N–H and O–H groups in total. The summed E-state index contributed by atoms with van der Waals surface area (Å²) in [5, 5.41) is 30.0. The normalized spacial score (nSPS) is 26.3. The van der Waals surface area contributed by atoms with E-state index in [0.717, 1.165) is 19.3 Å². The number of carbonyl (C=O) groups excluding carboxylic acids is 1. The van der Waals surface area contributed by atoms with Gasteiger partial charge in [0, 0.05) is 18.3 Å². The molecule has 160 valence electrons. The molecular formula is C23H32O6. The minimum atomic E-state index is -1.01. The van der Waals surface area contributed by atoms with Crippen molar-refractivity contribution < 1.29 is 29.6 Å². The number of carbonyl (C=O) groups is 2. The topological polar surface area (TPSA) is 104 Å². The van der Waals surface area contributed by atoms with Gasteiger partial charge in [-0.15, -0.1) is 0 Å². The number of hydrogen-bond donors (Lipinski definition) is 3. The molecule has 6 heteroatoms. The standard InChI is InChI=1S/C23H32O6/c1-3-4-8-15(2)19(24)12-11-17-18(13-22(26)27)20(25)14-21(17)29-23(28)16-9-6-5-7-10-16/h5-7,9-12,15,17-21,24-25H,3-4,8,13-14H2,1-2H3,(H,26,27)/t15?,17-,18-,19?,20+,21+/m0/s1. The zero-order valence-electron chi connectivity index (χ0n) is 17.1. The molecule has 29 heavy (non-hydrogen) atoms. The average Bonchev–Trinajstić information content (AvgIpc) is 2.98. The second-order valence-electron chi connectivity index (χ2n) is 7.95. The molecule has 0 heterocycles. The van der Waals surface area contributed by atoms with E-state index in [4.69, 9.17) is 4.74 Å². The third-order valence-electron chi connectivity index (χ3n) is 5.70. The number of aliphatic carboxylic acids is 1. The number of aliphatic hydroxyl groups is 2. The minimum Gasteiger partial charge on any atom is -0.481 e. The van der Waals surface area contributed by atoms with E-state index in [1.165, 1.54) is 0 Å². The van der Waals surface area contributed by atoms with Gasteiger partial charge in [-0.25, -0.2) is 4.79 Å². The van der Waals surface area contributed by atoms with E-state index >= 15 is 0 Å². The number of carboxylic acid groups (broad SMARTS) is 1. The van der Waals surface area contributed by atoms with E-state index in [1.807, 2.05) is 6.92 Å². The lowest BCUT2D eigenvalue weighted by Gasteiger charge is -2.23. The van der Waals surface area contributed by atoms with Crippen molar-refractivity contribution in [2.45, 2.75) is 64.3 Å². The second-order valence-corrected chi connectivity index (χ2v) is 7.95. The summed E-state index contributed by atoms with van der Waals surface area (Å²) in [5.41, 5.74) is 0.402. The Bertz CT molecular complexity index is 686. The summed E-state index contributed by atoms with van der Waals surface area (Å²) in [5.74, 6) is -2.49. The fourth-order valence-corrected chi connectivity index (χ4v) is 3.88. The highest BCUT2D eigenvalue weighted by molar-refractivity contribution is 5.89. The van der Waals surface area contributed by atoms with Crippen molar-refractivity contribution in [2.75, 3.05) is 0 Å². The van der Waals surface area contributed by atoms with Gasteiger partial charge >= 0.3 is 11.9 Å². The van der Waals surface area contributed by atoms with E-state index in [9.17, 15) is 24.9 Å². The highest BCUT2D eigenvalue weighted by Crippen LogP contribution is 2.38. The highest BCUT2D eigenvalue weighted by atomic mass is 16.5. The van der Waals surface area contributed by atoms with Gasteiger partial charge in [-0.1, -0.05) is 57.0 Å². The predicted molar refractivity (Wildman–Crippen MR) is 109 cm³/mol. The van der Waals surface area contributed by atoms with E-state index in [-0.39, 0.29) is 18.8 Å². The molecule has 1 aromatic rings. The van der Waals surface area contributed by atoms with Gasteiger partial charge in [0.05, 0.1) is 24.2 Å². The minimum absolute atomic E-state index is 0.0702. The predicted octanol–water partition coefficient (Wildman–Crippen LogP) is 3.43. The second kappa shape index (κ2) is 11.1. The number of hydrogen-bond acceptors (Lipinski definition) is 5. The van der Waals surface area contributed by atoms with E-state index in [0.29, 0.717) is 5.56 Å². The lowest BCUT2D eigenvalue weighted by molar-refractivity contribution is -0.139. The lowest BCUT2D eigenvalue weighted by atomic mass is 9.88. The molecule has 0 aliphatic heterocycles. The third kappa shape index (κ3) is 6.68. The molecule has 1 aromatic carbocycles. The summed E-state index contributed by atoms with van der Waals surface area (Å²) in [4.78, 5) is 23.7. The molecule has 2 rings (SSSR count). The Morgan fingerprint density at radius 2 is 1.97 bits per heavy atom. The van der Waals surface area contributed by atoms with Crippen molar-refractivity contribution in [3.05, 3.63) is 48.0 Å². The van der Waals surface area contributed by atoms with Gasteiger partial charge in [0.15, 0.2) is 0 Å². The molecule has 2 unspecified atom stereocenters. The summed E-state index contributed by atoms with van der Waals surface area (Å²) in [7, 11) is 0. The first-order valence-corrected chi connectivity index (χ1v) is 10.4. The van der Waals surface area contributed by atoms with Crippen LogP contribution in [0.25, 0.3) is 0 Å². The smallest absolute Gasteiger partial charge is 0.338 e. The number of unbranched alkanes of at least 4 members (excludes halogenated alkanes) is 1. The molecule has 6 atom stereocenters. The van der Waals surface area contributed by atoms with Crippen LogP contribution in [-0.2, 0) is 9.53 Å². The Kier molecular flexibility index (Phi) is 8.86. The number of rotatable bonds is 10. The van der Waals surface area contributed by atoms with Crippen molar-refractivity contribution in [3.8, 4) is 0 Å². The maximum atomic E-state index is 12.5. The molecular weight excluding hydrogens is 372 g/mol.